The summed E-state index contributed by atoms with van der Waals surface area (Å²) in [6, 6.07) is 6.99. The molecule has 0 spiro atoms. The van der Waals surface area contributed by atoms with Crippen LogP contribution in [0.4, 0.5) is 0 Å². The number of aliphatic hydroxyl groups is 1. The molecule has 8 heteroatoms. The number of amides is 1. The second kappa shape index (κ2) is 7.13. The van der Waals surface area contributed by atoms with Crippen molar-refractivity contribution in [2.24, 2.45) is 5.92 Å². The number of rotatable bonds is 6. The minimum absolute atomic E-state index is 0.0442. The third-order valence-electron chi connectivity index (χ3n) is 4.47. The Morgan fingerprint density at radius 2 is 1.96 bits per heavy atom. The number of aliphatic carboxylic acids is 1. The number of fused-ring (bicyclic) bond motifs is 1. The van der Waals surface area contributed by atoms with E-state index < -0.39 is 18.0 Å². The molecule has 7 nitrogen and oxygen atoms in total. The largest absolute Gasteiger partial charge is 0.477 e. The number of benzene rings is 1. The zero-order chi connectivity index (χ0) is 19.0. The van der Waals surface area contributed by atoms with Crippen LogP contribution in [0.15, 0.2) is 30.0 Å². The van der Waals surface area contributed by atoms with Gasteiger partial charge in [0.25, 0.3) is 0 Å². The number of β-lactam (4-membered cyclic amide) rings is 1. The number of carbonyl (C=O) groups excluding carboxylic acids is 2. The van der Waals surface area contributed by atoms with Crippen molar-refractivity contribution in [3.05, 3.63) is 41.1 Å². The summed E-state index contributed by atoms with van der Waals surface area (Å²) in [4.78, 5) is 36.7. The molecule has 1 amide bonds. The Bertz CT molecular complexity index is 787. The Balaban J connectivity index is 1.86. The van der Waals surface area contributed by atoms with Crippen molar-refractivity contribution in [3.8, 4) is 0 Å². The van der Waals surface area contributed by atoms with E-state index in [0.717, 1.165) is 5.56 Å². The molecule has 2 N–H and O–H groups in total. The van der Waals surface area contributed by atoms with Gasteiger partial charge in [0.05, 0.1) is 12.0 Å². The van der Waals surface area contributed by atoms with E-state index in [1.54, 1.807) is 31.2 Å². The Morgan fingerprint density at radius 1 is 1.31 bits per heavy atom. The second-order valence-electron chi connectivity index (χ2n) is 6.18. The van der Waals surface area contributed by atoms with Crippen molar-refractivity contribution in [2.45, 2.75) is 38.4 Å². The van der Waals surface area contributed by atoms with Crippen LogP contribution in [0.1, 0.15) is 31.4 Å². The molecule has 3 atom stereocenters. The number of nitrogens with zero attached hydrogens (tertiary/aromatic N) is 1. The maximum absolute atomic E-state index is 12.3. The van der Waals surface area contributed by atoms with Crippen molar-refractivity contribution in [3.63, 3.8) is 0 Å². The summed E-state index contributed by atoms with van der Waals surface area (Å²) < 4.78 is 4.93. The van der Waals surface area contributed by atoms with Crippen molar-refractivity contribution < 1.29 is 29.3 Å². The lowest BCUT2D eigenvalue weighted by atomic mass is 9.89. The summed E-state index contributed by atoms with van der Waals surface area (Å²) in [6.07, 6.45) is -0.346. The summed E-state index contributed by atoms with van der Waals surface area (Å²) in [7, 11) is 0. The standard InChI is InChI=1S/C18H19NO6S/c1-3-12(21)13-16(22)19-14(18(23)24)15(26-17(13)19)11-6-4-10(5-7-11)8-25-9(2)20/h4-7,12-13,17,21H,3,8H2,1-2H3,(H,23,24)/t12-,13+,17+/m0/s1. The molecule has 26 heavy (non-hydrogen) atoms. The number of hydrogen-bond donors (Lipinski definition) is 2. The van der Waals surface area contributed by atoms with Crippen molar-refractivity contribution in [1.82, 2.24) is 4.90 Å². The van der Waals surface area contributed by atoms with Crippen LogP contribution in [0.3, 0.4) is 0 Å². The molecule has 138 valence electrons. The number of thioether (sulfide) groups is 1. The first-order chi connectivity index (χ1) is 12.3. The van der Waals surface area contributed by atoms with Gasteiger partial charge in [0.15, 0.2) is 0 Å². The average molecular weight is 377 g/mol. The summed E-state index contributed by atoms with van der Waals surface area (Å²) in [5.41, 5.74) is 1.41. The van der Waals surface area contributed by atoms with E-state index in [0.29, 0.717) is 16.9 Å². The molecule has 0 unspecified atom stereocenters. The monoisotopic (exact) mass is 377 g/mol. The minimum atomic E-state index is -1.17. The van der Waals surface area contributed by atoms with Gasteiger partial charge in [0.2, 0.25) is 5.91 Å². The van der Waals surface area contributed by atoms with Gasteiger partial charge in [0, 0.05) is 11.8 Å². The molecule has 3 rings (SSSR count). The molecule has 1 saturated heterocycles. The molecular formula is C18H19NO6S. The van der Waals surface area contributed by atoms with Gasteiger partial charge in [0.1, 0.15) is 17.7 Å². The fourth-order valence-electron chi connectivity index (χ4n) is 3.09. The lowest BCUT2D eigenvalue weighted by Gasteiger charge is -2.44. The first kappa shape index (κ1) is 18.5. The molecule has 1 aromatic rings. The highest BCUT2D eigenvalue weighted by molar-refractivity contribution is 8.09. The number of ether oxygens (including phenoxy) is 1. The molecule has 0 radical (unpaired) electrons. The van der Waals surface area contributed by atoms with E-state index in [-0.39, 0.29) is 29.6 Å². The van der Waals surface area contributed by atoms with Gasteiger partial charge in [-0.15, -0.1) is 0 Å². The lowest BCUT2D eigenvalue weighted by molar-refractivity contribution is -0.157. The van der Waals surface area contributed by atoms with Gasteiger partial charge in [-0.2, -0.15) is 0 Å². The van der Waals surface area contributed by atoms with E-state index in [2.05, 4.69) is 0 Å². The lowest BCUT2D eigenvalue weighted by Crippen LogP contribution is -2.61. The number of aliphatic hydroxyl groups excluding tert-OH is 1. The van der Waals surface area contributed by atoms with Gasteiger partial charge < -0.3 is 14.9 Å². The van der Waals surface area contributed by atoms with Crippen molar-refractivity contribution >= 4 is 34.5 Å². The zero-order valence-electron chi connectivity index (χ0n) is 14.3. The van der Waals surface area contributed by atoms with Gasteiger partial charge in [-0.1, -0.05) is 43.0 Å². The molecule has 0 saturated carbocycles. The molecule has 0 aromatic heterocycles. The number of esters is 1. The Hall–Kier alpha value is -2.32. The van der Waals surface area contributed by atoms with Crippen LogP contribution in [-0.4, -0.2) is 44.4 Å². The first-order valence-electron chi connectivity index (χ1n) is 8.23. The van der Waals surface area contributed by atoms with Crippen LogP contribution < -0.4 is 0 Å². The minimum Gasteiger partial charge on any atom is -0.477 e. The molecule has 2 aliphatic heterocycles. The van der Waals surface area contributed by atoms with Crippen LogP contribution >= 0.6 is 11.8 Å². The molecule has 1 aromatic carbocycles. The molecule has 0 aliphatic carbocycles. The fourth-order valence-corrected chi connectivity index (χ4v) is 4.66. The van der Waals surface area contributed by atoms with Crippen molar-refractivity contribution in [2.75, 3.05) is 0 Å². The van der Waals surface area contributed by atoms with Gasteiger partial charge >= 0.3 is 11.9 Å². The van der Waals surface area contributed by atoms with E-state index in [9.17, 15) is 24.6 Å². The Morgan fingerprint density at radius 3 is 2.50 bits per heavy atom. The molecule has 2 aliphatic rings. The molecule has 0 bridgehead atoms. The maximum Gasteiger partial charge on any atom is 0.353 e. The predicted octanol–water partition coefficient (Wildman–Crippen LogP) is 1.81. The number of carboxylic acid groups (broad SMARTS) is 1. The number of hydrogen-bond acceptors (Lipinski definition) is 6. The highest BCUT2D eigenvalue weighted by Crippen LogP contribution is 2.53. The molecular weight excluding hydrogens is 358 g/mol. The first-order valence-corrected chi connectivity index (χ1v) is 9.11. The summed E-state index contributed by atoms with van der Waals surface area (Å²) in [5.74, 6) is -2.48. The quantitative estimate of drug-likeness (QED) is 0.575. The Kier molecular flexibility index (Phi) is 5.06. The average Bonchev–Trinajstić information content (AvgIpc) is 2.95. The number of carboxylic acids is 1. The summed E-state index contributed by atoms with van der Waals surface area (Å²) in [6.45, 7) is 3.26. The second-order valence-corrected chi connectivity index (χ2v) is 7.31. The fraction of sp³-hybridized carbons (Fsp3) is 0.389. The van der Waals surface area contributed by atoms with Crippen LogP contribution in [-0.2, 0) is 25.7 Å². The normalized spacial score (nSPS) is 22.7. The van der Waals surface area contributed by atoms with Crippen LogP contribution in [0.25, 0.3) is 4.91 Å². The molecule has 2 heterocycles. The highest BCUT2D eigenvalue weighted by atomic mass is 32.2. The smallest absolute Gasteiger partial charge is 0.353 e. The van der Waals surface area contributed by atoms with Gasteiger partial charge in [-0.25, -0.2) is 4.79 Å². The zero-order valence-corrected chi connectivity index (χ0v) is 15.2. The topological polar surface area (TPSA) is 104 Å². The molecule has 1 fully saturated rings. The summed E-state index contributed by atoms with van der Waals surface area (Å²) >= 11 is 1.29. The van der Waals surface area contributed by atoms with Crippen molar-refractivity contribution in [1.29, 1.82) is 0 Å². The van der Waals surface area contributed by atoms with Crippen LogP contribution in [0.2, 0.25) is 0 Å². The van der Waals surface area contributed by atoms with E-state index in [4.69, 9.17) is 4.74 Å². The van der Waals surface area contributed by atoms with Gasteiger partial charge in [-0.05, 0) is 17.5 Å². The van der Waals surface area contributed by atoms with Crippen LogP contribution in [0, 0.1) is 5.92 Å². The number of carbonyl (C=O) groups is 3. The third kappa shape index (κ3) is 3.10. The highest BCUT2D eigenvalue weighted by Gasteiger charge is 2.58. The predicted molar refractivity (Wildman–Crippen MR) is 94.5 cm³/mol. The summed E-state index contributed by atoms with van der Waals surface area (Å²) in [5, 5.41) is 19.2. The van der Waals surface area contributed by atoms with Gasteiger partial charge in [-0.3, -0.25) is 14.5 Å². The van der Waals surface area contributed by atoms with Crippen LogP contribution in [0.5, 0.6) is 0 Å². The maximum atomic E-state index is 12.3. The SMILES string of the molecule is CC[C@H](O)[C@@H]1C(=O)N2C(C(=O)O)=C(c3ccc(COC(C)=O)cc3)S[C@H]12. The van der Waals surface area contributed by atoms with E-state index >= 15 is 0 Å². The Labute approximate surface area is 154 Å². The van der Waals surface area contributed by atoms with E-state index in [1.165, 1.54) is 23.6 Å². The third-order valence-corrected chi connectivity index (χ3v) is 5.88. The van der Waals surface area contributed by atoms with E-state index in [1.807, 2.05) is 0 Å².